The third-order valence-electron chi connectivity index (χ3n) is 4.12. The highest BCUT2D eigenvalue weighted by Gasteiger charge is 2.09. The predicted molar refractivity (Wildman–Crippen MR) is 108 cm³/mol. The number of carboxylic acid groups (broad SMARTS) is 1. The van der Waals surface area contributed by atoms with Crippen molar-refractivity contribution < 1.29 is 14.6 Å². The van der Waals surface area contributed by atoms with E-state index in [0.29, 0.717) is 35.2 Å². The minimum Gasteiger partial charge on any atom is -0.493 e. The van der Waals surface area contributed by atoms with Gasteiger partial charge in [0.05, 0.1) is 12.2 Å². The third kappa shape index (κ3) is 5.23. The summed E-state index contributed by atoms with van der Waals surface area (Å²) in [5.74, 6) is 0.228. The van der Waals surface area contributed by atoms with Crippen molar-refractivity contribution in [2.45, 2.75) is 18.5 Å². The molecule has 0 spiro atoms. The zero-order chi connectivity index (χ0) is 19.9. The van der Waals surface area contributed by atoms with Crippen LogP contribution >= 0.6 is 11.8 Å². The van der Waals surface area contributed by atoms with E-state index in [1.54, 1.807) is 12.1 Å². The lowest BCUT2D eigenvalue weighted by molar-refractivity contribution is 0.0697. The maximum absolute atomic E-state index is 12.4. The van der Waals surface area contributed by atoms with Gasteiger partial charge < -0.3 is 14.8 Å². The molecule has 0 saturated carbocycles. The molecule has 0 atom stereocenters. The molecule has 0 aliphatic heterocycles. The van der Waals surface area contributed by atoms with Crippen LogP contribution in [-0.4, -0.2) is 33.4 Å². The van der Waals surface area contributed by atoms with E-state index >= 15 is 0 Å². The molecular weight excluding hydrogens is 376 g/mol. The Labute approximate surface area is 166 Å². The van der Waals surface area contributed by atoms with Gasteiger partial charge in [0.2, 0.25) is 0 Å². The fourth-order valence-electron chi connectivity index (χ4n) is 2.65. The van der Waals surface area contributed by atoms with Gasteiger partial charge in [-0.25, -0.2) is 9.78 Å². The van der Waals surface area contributed by atoms with Crippen LogP contribution in [0.25, 0.3) is 0 Å². The monoisotopic (exact) mass is 396 g/mol. The van der Waals surface area contributed by atoms with Crippen LogP contribution in [0.5, 0.6) is 5.75 Å². The summed E-state index contributed by atoms with van der Waals surface area (Å²) in [6.45, 7) is 2.25. The summed E-state index contributed by atoms with van der Waals surface area (Å²) in [6, 6.07) is 16.1. The smallest absolute Gasteiger partial charge is 0.335 e. The van der Waals surface area contributed by atoms with E-state index in [0.717, 1.165) is 11.3 Å². The van der Waals surface area contributed by atoms with E-state index in [-0.39, 0.29) is 11.1 Å². The fourth-order valence-corrected chi connectivity index (χ4v) is 3.38. The number of hydrogen-bond acceptors (Lipinski definition) is 5. The van der Waals surface area contributed by atoms with Gasteiger partial charge in [-0.1, -0.05) is 42.1 Å². The van der Waals surface area contributed by atoms with Crippen molar-refractivity contribution in [3.63, 3.8) is 0 Å². The van der Waals surface area contributed by atoms with Gasteiger partial charge in [0.25, 0.3) is 5.56 Å². The number of aromatic nitrogens is 2. The topological polar surface area (TPSA) is 92.3 Å². The summed E-state index contributed by atoms with van der Waals surface area (Å²) in [5.41, 5.74) is 2.56. The molecule has 144 valence electrons. The average Bonchev–Trinajstić information content (AvgIpc) is 2.69. The molecule has 0 radical (unpaired) electrons. The largest absolute Gasteiger partial charge is 0.493 e. The first-order valence-electron chi connectivity index (χ1n) is 8.75. The number of H-pyrrole nitrogens is 1. The first kappa shape index (κ1) is 19.7. The molecule has 3 rings (SSSR count). The van der Waals surface area contributed by atoms with Gasteiger partial charge in [-0.05, 0) is 36.8 Å². The Morgan fingerprint density at radius 3 is 2.50 bits per heavy atom. The van der Waals surface area contributed by atoms with Crippen LogP contribution < -0.4 is 10.3 Å². The van der Waals surface area contributed by atoms with Gasteiger partial charge in [0.1, 0.15) is 5.75 Å². The first-order valence-corrected chi connectivity index (χ1v) is 9.74. The maximum atomic E-state index is 12.4. The molecule has 2 aromatic carbocycles. The molecule has 7 heteroatoms. The molecule has 0 aliphatic carbocycles. The van der Waals surface area contributed by atoms with Crippen LogP contribution in [0.3, 0.4) is 0 Å². The minimum atomic E-state index is -0.969. The standard InChI is InChI=1S/C21H20N2O4S/c1-14-18(13-15-5-3-2-4-6-15)19(24)23-21(22-14)28-12-11-27-17-9-7-16(8-10-17)20(25)26/h2-10H,11-13H2,1H3,(H,25,26)(H,22,23,24). The molecule has 0 amide bonds. The molecule has 0 bridgehead atoms. The van der Waals surface area contributed by atoms with E-state index in [1.807, 2.05) is 37.3 Å². The fraction of sp³-hybridized carbons (Fsp3) is 0.190. The Balaban J connectivity index is 1.55. The lowest BCUT2D eigenvalue weighted by Crippen LogP contribution is -2.18. The van der Waals surface area contributed by atoms with Gasteiger partial charge in [-0.15, -0.1) is 0 Å². The molecule has 0 aliphatic rings. The van der Waals surface area contributed by atoms with Gasteiger partial charge in [-0.3, -0.25) is 4.79 Å². The van der Waals surface area contributed by atoms with E-state index in [2.05, 4.69) is 9.97 Å². The van der Waals surface area contributed by atoms with E-state index < -0.39 is 5.97 Å². The van der Waals surface area contributed by atoms with Crippen molar-refractivity contribution in [3.05, 3.63) is 87.3 Å². The predicted octanol–water partition coefficient (Wildman–Crippen LogP) is 3.54. The van der Waals surface area contributed by atoms with Crippen LogP contribution in [0, 0.1) is 6.92 Å². The summed E-state index contributed by atoms with van der Waals surface area (Å²) in [6.07, 6.45) is 0.551. The zero-order valence-corrected chi connectivity index (χ0v) is 16.2. The number of nitrogens with one attached hydrogen (secondary N) is 1. The Bertz CT molecular complexity index is 1000. The van der Waals surface area contributed by atoms with Crippen LogP contribution in [0.15, 0.2) is 64.5 Å². The van der Waals surface area contributed by atoms with Crippen molar-refractivity contribution in [3.8, 4) is 5.75 Å². The number of aromatic carboxylic acids is 1. The van der Waals surface area contributed by atoms with E-state index in [1.165, 1.54) is 23.9 Å². The van der Waals surface area contributed by atoms with Crippen LogP contribution in [0.2, 0.25) is 0 Å². The highest BCUT2D eigenvalue weighted by molar-refractivity contribution is 7.99. The molecule has 0 saturated heterocycles. The van der Waals surface area contributed by atoms with Crippen LogP contribution in [0.1, 0.15) is 27.2 Å². The lowest BCUT2D eigenvalue weighted by atomic mass is 10.1. The summed E-state index contributed by atoms with van der Waals surface area (Å²) in [5, 5.41) is 9.44. The molecule has 3 aromatic rings. The van der Waals surface area contributed by atoms with E-state index in [9.17, 15) is 9.59 Å². The number of rotatable bonds is 8. The number of ether oxygens (including phenoxy) is 1. The Hall–Kier alpha value is -3.06. The van der Waals surface area contributed by atoms with Crippen molar-refractivity contribution in [1.82, 2.24) is 9.97 Å². The second-order valence-electron chi connectivity index (χ2n) is 6.12. The highest BCUT2D eigenvalue weighted by atomic mass is 32.2. The number of aryl methyl sites for hydroxylation is 1. The highest BCUT2D eigenvalue weighted by Crippen LogP contribution is 2.16. The number of carbonyl (C=O) groups is 1. The first-order chi connectivity index (χ1) is 13.5. The van der Waals surface area contributed by atoms with Crippen molar-refractivity contribution in [1.29, 1.82) is 0 Å². The van der Waals surface area contributed by atoms with Crippen molar-refractivity contribution in [2.75, 3.05) is 12.4 Å². The second-order valence-corrected chi connectivity index (χ2v) is 7.21. The number of hydrogen-bond donors (Lipinski definition) is 2. The minimum absolute atomic E-state index is 0.121. The number of benzene rings is 2. The molecule has 0 fully saturated rings. The van der Waals surface area contributed by atoms with Crippen LogP contribution in [-0.2, 0) is 6.42 Å². The molecule has 1 heterocycles. The Morgan fingerprint density at radius 2 is 1.86 bits per heavy atom. The van der Waals surface area contributed by atoms with Crippen molar-refractivity contribution in [2.24, 2.45) is 0 Å². The quantitative estimate of drug-likeness (QED) is 0.344. The van der Waals surface area contributed by atoms with Crippen LogP contribution in [0.4, 0.5) is 0 Å². The number of nitrogens with zero attached hydrogens (tertiary/aromatic N) is 1. The maximum Gasteiger partial charge on any atom is 0.335 e. The zero-order valence-electron chi connectivity index (χ0n) is 15.3. The number of thioether (sulfide) groups is 1. The number of carboxylic acids is 1. The lowest BCUT2D eigenvalue weighted by Gasteiger charge is -2.08. The molecule has 1 aromatic heterocycles. The van der Waals surface area contributed by atoms with Gasteiger partial charge in [0.15, 0.2) is 5.16 Å². The molecule has 6 nitrogen and oxygen atoms in total. The summed E-state index contributed by atoms with van der Waals surface area (Å²) < 4.78 is 5.59. The molecular formula is C21H20N2O4S. The van der Waals surface area contributed by atoms with Gasteiger partial charge in [-0.2, -0.15) is 0 Å². The Morgan fingerprint density at radius 1 is 1.14 bits per heavy atom. The Kier molecular flexibility index (Phi) is 6.49. The average molecular weight is 396 g/mol. The molecule has 28 heavy (non-hydrogen) atoms. The molecule has 0 unspecified atom stereocenters. The van der Waals surface area contributed by atoms with Gasteiger partial charge >= 0.3 is 5.97 Å². The second kappa shape index (κ2) is 9.23. The normalized spacial score (nSPS) is 10.6. The van der Waals surface area contributed by atoms with Gasteiger partial charge in [0, 0.05) is 23.4 Å². The number of aromatic amines is 1. The van der Waals surface area contributed by atoms with Crippen molar-refractivity contribution >= 4 is 17.7 Å². The third-order valence-corrected chi connectivity index (χ3v) is 4.95. The summed E-state index contributed by atoms with van der Waals surface area (Å²) in [7, 11) is 0. The molecule has 2 N–H and O–H groups in total. The summed E-state index contributed by atoms with van der Waals surface area (Å²) in [4.78, 5) is 30.6. The van der Waals surface area contributed by atoms with E-state index in [4.69, 9.17) is 9.84 Å². The SMILES string of the molecule is Cc1nc(SCCOc2ccc(C(=O)O)cc2)[nH]c(=O)c1Cc1ccccc1. The summed E-state index contributed by atoms with van der Waals surface area (Å²) >= 11 is 1.41.